The van der Waals surface area contributed by atoms with E-state index >= 15 is 0 Å². The molecule has 0 aromatic heterocycles. The van der Waals surface area contributed by atoms with Crippen LogP contribution in [0.2, 0.25) is 0 Å². The molecule has 0 aliphatic heterocycles. The molecule has 1 N–H and O–H groups in total. The first-order valence-corrected chi connectivity index (χ1v) is 8.92. The molecule has 6 heteroatoms. The zero-order chi connectivity index (χ0) is 16.7. The maximum absolute atomic E-state index is 11.9. The second-order valence-corrected chi connectivity index (χ2v) is 6.55. The van der Waals surface area contributed by atoms with Crippen LogP contribution in [-0.2, 0) is 10.5 Å². The minimum absolute atomic E-state index is 0.0159. The standard InChI is InChI=1S/C17H18BrNO3S/c1-21-15-8-12(14(18)9-16(15)22-2)10-23-11-17(20)19-13-6-4-3-5-7-13/h3-9H,10-11H2,1-2H3,(H,19,20). The molecule has 23 heavy (non-hydrogen) atoms. The summed E-state index contributed by atoms with van der Waals surface area (Å²) in [6.45, 7) is 0. The molecule has 0 fully saturated rings. The molecule has 0 unspecified atom stereocenters. The van der Waals surface area contributed by atoms with Gasteiger partial charge in [-0.2, -0.15) is 0 Å². The highest BCUT2D eigenvalue weighted by molar-refractivity contribution is 9.10. The molecule has 0 saturated heterocycles. The normalized spacial score (nSPS) is 10.2. The van der Waals surface area contributed by atoms with Gasteiger partial charge in [0.1, 0.15) is 0 Å². The van der Waals surface area contributed by atoms with E-state index in [4.69, 9.17) is 9.47 Å². The topological polar surface area (TPSA) is 47.6 Å². The summed E-state index contributed by atoms with van der Waals surface area (Å²) in [5.74, 6) is 2.42. The van der Waals surface area contributed by atoms with Crippen LogP contribution in [0.4, 0.5) is 5.69 Å². The number of thioether (sulfide) groups is 1. The molecule has 4 nitrogen and oxygen atoms in total. The number of hydrogen-bond acceptors (Lipinski definition) is 4. The van der Waals surface area contributed by atoms with Crippen molar-refractivity contribution in [2.24, 2.45) is 0 Å². The van der Waals surface area contributed by atoms with Crippen LogP contribution < -0.4 is 14.8 Å². The predicted octanol–water partition coefficient (Wildman–Crippen LogP) is 4.34. The molecule has 0 bridgehead atoms. The minimum Gasteiger partial charge on any atom is -0.493 e. The van der Waals surface area contributed by atoms with Crippen LogP contribution >= 0.6 is 27.7 Å². The summed E-state index contributed by atoms with van der Waals surface area (Å²) >= 11 is 5.06. The Bertz CT molecular complexity index is 664. The van der Waals surface area contributed by atoms with Gasteiger partial charge in [0.15, 0.2) is 11.5 Å². The molecule has 0 heterocycles. The van der Waals surface area contributed by atoms with Crippen molar-refractivity contribution in [1.82, 2.24) is 0 Å². The molecule has 0 radical (unpaired) electrons. The van der Waals surface area contributed by atoms with E-state index in [0.29, 0.717) is 23.0 Å². The molecule has 0 saturated carbocycles. The lowest BCUT2D eigenvalue weighted by Gasteiger charge is -2.12. The molecular weight excluding hydrogens is 378 g/mol. The first kappa shape index (κ1) is 17.7. The predicted molar refractivity (Wildman–Crippen MR) is 98.5 cm³/mol. The van der Waals surface area contributed by atoms with Crippen molar-refractivity contribution in [2.45, 2.75) is 5.75 Å². The second-order valence-electron chi connectivity index (χ2n) is 4.71. The maximum atomic E-state index is 11.9. The summed E-state index contributed by atoms with van der Waals surface area (Å²) in [5.41, 5.74) is 1.87. The first-order valence-electron chi connectivity index (χ1n) is 6.97. The van der Waals surface area contributed by atoms with Crippen molar-refractivity contribution < 1.29 is 14.3 Å². The molecular formula is C17H18BrNO3S. The highest BCUT2D eigenvalue weighted by Crippen LogP contribution is 2.34. The van der Waals surface area contributed by atoms with E-state index in [-0.39, 0.29) is 5.91 Å². The zero-order valence-corrected chi connectivity index (χ0v) is 15.4. The van der Waals surface area contributed by atoms with Crippen LogP contribution in [-0.4, -0.2) is 25.9 Å². The van der Waals surface area contributed by atoms with E-state index < -0.39 is 0 Å². The Morgan fingerprint density at radius 3 is 2.43 bits per heavy atom. The van der Waals surface area contributed by atoms with Crippen molar-refractivity contribution >= 4 is 39.3 Å². The Hall–Kier alpha value is -1.66. The van der Waals surface area contributed by atoms with Gasteiger partial charge in [0.05, 0.1) is 20.0 Å². The van der Waals surface area contributed by atoms with Gasteiger partial charge < -0.3 is 14.8 Å². The van der Waals surface area contributed by atoms with E-state index in [1.165, 1.54) is 0 Å². The summed E-state index contributed by atoms with van der Waals surface area (Å²) < 4.78 is 11.5. The van der Waals surface area contributed by atoms with Crippen LogP contribution in [0.1, 0.15) is 5.56 Å². The highest BCUT2D eigenvalue weighted by atomic mass is 79.9. The molecule has 2 aromatic carbocycles. The third kappa shape index (κ3) is 5.18. The quantitative estimate of drug-likeness (QED) is 0.757. The average molecular weight is 396 g/mol. The minimum atomic E-state index is -0.0159. The van der Waals surface area contributed by atoms with Crippen LogP contribution in [0.5, 0.6) is 11.5 Å². The number of amides is 1. The zero-order valence-electron chi connectivity index (χ0n) is 13.0. The molecule has 2 aromatic rings. The van der Waals surface area contributed by atoms with Gasteiger partial charge in [-0.15, -0.1) is 11.8 Å². The van der Waals surface area contributed by atoms with E-state index in [9.17, 15) is 4.79 Å². The molecule has 2 rings (SSSR count). The average Bonchev–Trinajstić information content (AvgIpc) is 2.56. The molecule has 122 valence electrons. The molecule has 0 spiro atoms. The highest BCUT2D eigenvalue weighted by Gasteiger charge is 2.10. The van der Waals surface area contributed by atoms with Gasteiger partial charge in [-0.1, -0.05) is 34.1 Å². The molecule has 0 aliphatic carbocycles. The number of carbonyl (C=O) groups is 1. The number of methoxy groups -OCH3 is 2. The summed E-state index contributed by atoms with van der Waals surface area (Å²) in [6, 6.07) is 13.2. The van der Waals surface area contributed by atoms with E-state index in [1.54, 1.807) is 26.0 Å². The first-order chi connectivity index (χ1) is 11.1. The molecule has 0 atom stereocenters. The third-order valence-electron chi connectivity index (χ3n) is 3.10. The third-order valence-corrected chi connectivity index (χ3v) is 4.82. The van der Waals surface area contributed by atoms with Crippen molar-refractivity contribution in [3.63, 3.8) is 0 Å². The lowest BCUT2D eigenvalue weighted by molar-refractivity contribution is -0.113. The van der Waals surface area contributed by atoms with Gasteiger partial charge in [0, 0.05) is 15.9 Å². The van der Waals surface area contributed by atoms with E-state index in [0.717, 1.165) is 15.7 Å². The van der Waals surface area contributed by atoms with E-state index in [1.807, 2.05) is 42.5 Å². The van der Waals surface area contributed by atoms with Crippen LogP contribution in [0.15, 0.2) is 46.9 Å². The van der Waals surface area contributed by atoms with Crippen molar-refractivity contribution in [1.29, 1.82) is 0 Å². The fraction of sp³-hybridized carbons (Fsp3) is 0.235. The SMILES string of the molecule is COc1cc(Br)c(CSCC(=O)Nc2ccccc2)cc1OC. The monoisotopic (exact) mass is 395 g/mol. The van der Waals surface area contributed by atoms with Crippen molar-refractivity contribution in [3.05, 3.63) is 52.5 Å². The lowest BCUT2D eigenvalue weighted by atomic mass is 10.2. The second kappa shape index (κ2) is 8.84. The lowest BCUT2D eigenvalue weighted by Crippen LogP contribution is -2.14. The summed E-state index contributed by atoms with van der Waals surface area (Å²) in [5, 5.41) is 2.87. The largest absolute Gasteiger partial charge is 0.493 e. The number of halogens is 1. The van der Waals surface area contributed by atoms with Crippen LogP contribution in [0, 0.1) is 0 Å². The number of para-hydroxylation sites is 1. The van der Waals surface area contributed by atoms with Gasteiger partial charge in [-0.3, -0.25) is 4.79 Å². The van der Waals surface area contributed by atoms with Gasteiger partial charge in [0.25, 0.3) is 0 Å². The number of carbonyl (C=O) groups excluding carboxylic acids is 1. The Kier molecular flexibility index (Phi) is 6.80. The number of nitrogens with one attached hydrogen (secondary N) is 1. The van der Waals surface area contributed by atoms with Crippen molar-refractivity contribution in [3.8, 4) is 11.5 Å². The van der Waals surface area contributed by atoms with Gasteiger partial charge in [-0.25, -0.2) is 0 Å². The van der Waals surface area contributed by atoms with E-state index in [2.05, 4.69) is 21.2 Å². The maximum Gasteiger partial charge on any atom is 0.234 e. The Morgan fingerprint density at radius 1 is 1.13 bits per heavy atom. The Labute approximate surface area is 148 Å². The molecule has 1 amide bonds. The number of anilines is 1. The van der Waals surface area contributed by atoms with Gasteiger partial charge in [0.2, 0.25) is 5.91 Å². The summed E-state index contributed by atoms with van der Waals surface area (Å²) in [7, 11) is 3.21. The fourth-order valence-electron chi connectivity index (χ4n) is 1.98. The summed E-state index contributed by atoms with van der Waals surface area (Å²) in [6.07, 6.45) is 0. The Morgan fingerprint density at radius 2 is 1.78 bits per heavy atom. The number of hydrogen-bond donors (Lipinski definition) is 1. The van der Waals surface area contributed by atoms with Crippen molar-refractivity contribution in [2.75, 3.05) is 25.3 Å². The number of ether oxygens (including phenoxy) is 2. The molecule has 0 aliphatic rings. The van der Waals surface area contributed by atoms with Crippen LogP contribution in [0.3, 0.4) is 0 Å². The smallest absolute Gasteiger partial charge is 0.234 e. The number of benzene rings is 2. The Balaban J connectivity index is 1.90. The van der Waals surface area contributed by atoms with Gasteiger partial charge in [-0.05, 0) is 29.8 Å². The summed E-state index contributed by atoms with van der Waals surface area (Å²) in [4.78, 5) is 11.9. The van der Waals surface area contributed by atoms with Crippen LogP contribution in [0.25, 0.3) is 0 Å². The number of rotatable bonds is 7. The van der Waals surface area contributed by atoms with Gasteiger partial charge >= 0.3 is 0 Å². The fourth-order valence-corrected chi connectivity index (χ4v) is 3.45.